The minimum atomic E-state index is -0.501. The van der Waals surface area contributed by atoms with Crippen molar-refractivity contribution in [2.45, 2.75) is 6.54 Å². The molecule has 0 saturated heterocycles. The fourth-order valence-corrected chi connectivity index (χ4v) is 3.99. The number of anilines is 1. The number of nitrogens with one attached hydrogen (secondary N) is 1. The van der Waals surface area contributed by atoms with Crippen LogP contribution in [0.5, 0.6) is 11.5 Å². The number of benzene rings is 2. The molecular formula is C24H25N3O5S. The molecule has 33 heavy (non-hydrogen) atoms. The van der Waals surface area contributed by atoms with Gasteiger partial charge in [0.2, 0.25) is 6.41 Å². The molecule has 1 heterocycles. The van der Waals surface area contributed by atoms with Gasteiger partial charge in [-0.05, 0) is 35.9 Å². The highest BCUT2D eigenvalue weighted by Gasteiger charge is 2.24. The van der Waals surface area contributed by atoms with Crippen LogP contribution >= 0.6 is 11.3 Å². The first-order valence-electron chi connectivity index (χ1n) is 10.2. The molecule has 2 N–H and O–H groups in total. The lowest BCUT2D eigenvalue weighted by Gasteiger charge is -2.18. The van der Waals surface area contributed by atoms with Crippen LogP contribution in [0, 0.1) is 0 Å². The Labute approximate surface area is 196 Å². The highest BCUT2D eigenvalue weighted by Crippen LogP contribution is 2.31. The normalized spacial score (nSPS) is 10.4. The summed E-state index contributed by atoms with van der Waals surface area (Å²) in [6, 6.07) is 17.1. The number of hydrogen-bond donors (Lipinski definition) is 2. The topological polar surface area (TPSA) is 99.2 Å². The predicted octanol–water partition coefficient (Wildman–Crippen LogP) is 3.13. The molecule has 0 aliphatic rings. The van der Waals surface area contributed by atoms with Crippen LogP contribution in [0.3, 0.4) is 0 Å². The van der Waals surface area contributed by atoms with Crippen molar-refractivity contribution in [2.24, 2.45) is 0 Å². The molecular weight excluding hydrogens is 442 g/mol. The first-order valence-corrected chi connectivity index (χ1v) is 11.0. The molecule has 2 aromatic carbocycles. The number of thiophene rings is 1. The number of ether oxygens (including phenoxy) is 1. The van der Waals surface area contributed by atoms with Crippen LogP contribution in [-0.2, 0) is 11.3 Å². The van der Waals surface area contributed by atoms with Gasteiger partial charge in [0, 0.05) is 20.6 Å². The van der Waals surface area contributed by atoms with Gasteiger partial charge in [-0.2, -0.15) is 0 Å². The van der Waals surface area contributed by atoms with Crippen LogP contribution in [0.15, 0.2) is 60.7 Å². The molecule has 0 aliphatic carbocycles. The summed E-state index contributed by atoms with van der Waals surface area (Å²) in [6.07, 6.45) is 0.471. The van der Waals surface area contributed by atoms with Crippen molar-refractivity contribution in [1.82, 2.24) is 10.2 Å². The van der Waals surface area contributed by atoms with E-state index in [-0.39, 0.29) is 36.9 Å². The third kappa shape index (κ3) is 6.33. The Hall–Kier alpha value is -3.85. The zero-order valence-electron chi connectivity index (χ0n) is 18.4. The molecule has 0 bridgehead atoms. The smallest absolute Gasteiger partial charge is 0.263 e. The van der Waals surface area contributed by atoms with Crippen molar-refractivity contribution in [3.8, 4) is 11.5 Å². The Morgan fingerprint density at radius 3 is 2.42 bits per heavy atom. The van der Waals surface area contributed by atoms with Crippen LogP contribution in [-0.4, -0.2) is 55.5 Å². The SMILES string of the molecule is CN(C)c1sc(C(=O)NCc2ccc(O)cc2)cc1C(=O)N(C=O)CCOc1ccccc1. The molecule has 3 rings (SSSR count). The zero-order valence-corrected chi connectivity index (χ0v) is 19.2. The number of aromatic hydroxyl groups is 1. The standard InChI is InChI=1S/C24H25N3O5S/c1-26(2)24-20(23(31)27(16-28)12-13-32-19-6-4-3-5-7-19)14-21(33-24)22(30)25-15-17-8-10-18(29)11-9-17/h3-11,14,16,29H,12-13,15H2,1-2H3,(H,25,30). The average molecular weight is 468 g/mol. The van der Waals surface area contributed by atoms with Gasteiger partial charge in [-0.15, -0.1) is 11.3 Å². The Kier molecular flexibility index (Phi) is 8.04. The van der Waals surface area contributed by atoms with E-state index in [1.807, 2.05) is 18.2 Å². The number of amides is 3. The second-order valence-electron chi connectivity index (χ2n) is 7.34. The Bertz CT molecular complexity index is 1100. The minimum absolute atomic E-state index is 0.0718. The fraction of sp³-hybridized carbons (Fsp3) is 0.208. The highest BCUT2D eigenvalue weighted by molar-refractivity contribution is 7.18. The summed E-state index contributed by atoms with van der Waals surface area (Å²) in [7, 11) is 3.54. The third-order valence-corrected chi connectivity index (χ3v) is 6.00. The molecule has 1 aromatic heterocycles. The lowest BCUT2D eigenvalue weighted by Crippen LogP contribution is -2.34. The van der Waals surface area contributed by atoms with Crippen molar-refractivity contribution in [1.29, 1.82) is 0 Å². The summed E-state index contributed by atoms with van der Waals surface area (Å²) in [5, 5.41) is 12.7. The molecule has 172 valence electrons. The van der Waals surface area contributed by atoms with Crippen LogP contribution < -0.4 is 15.0 Å². The van der Waals surface area contributed by atoms with E-state index in [9.17, 15) is 19.5 Å². The lowest BCUT2D eigenvalue weighted by molar-refractivity contribution is -0.116. The van der Waals surface area contributed by atoms with E-state index in [1.165, 1.54) is 17.4 Å². The van der Waals surface area contributed by atoms with E-state index in [4.69, 9.17) is 4.74 Å². The van der Waals surface area contributed by atoms with E-state index in [0.717, 1.165) is 10.5 Å². The van der Waals surface area contributed by atoms with Crippen molar-refractivity contribution >= 4 is 34.6 Å². The Morgan fingerprint density at radius 2 is 1.79 bits per heavy atom. The van der Waals surface area contributed by atoms with Gasteiger partial charge in [0.15, 0.2) is 0 Å². The van der Waals surface area contributed by atoms with Gasteiger partial charge in [0.05, 0.1) is 17.0 Å². The Morgan fingerprint density at radius 1 is 1.09 bits per heavy atom. The molecule has 0 spiro atoms. The maximum absolute atomic E-state index is 13.1. The number of nitrogens with zero attached hydrogens (tertiary/aromatic N) is 2. The zero-order chi connectivity index (χ0) is 23.8. The molecule has 9 heteroatoms. The van der Waals surface area contributed by atoms with Crippen LogP contribution in [0.4, 0.5) is 5.00 Å². The number of phenols is 1. The molecule has 0 fully saturated rings. The van der Waals surface area contributed by atoms with E-state index >= 15 is 0 Å². The number of para-hydroxylation sites is 1. The van der Waals surface area contributed by atoms with Crippen molar-refractivity contribution in [3.63, 3.8) is 0 Å². The maximum Gasteiger partial charge on any atom is 0.263 e. The number of carbonyl (C=O) groups is 3. The maximum atomic E-state index is 13.1. The number of carbonyl (C=O) groups excluding carboxylic acids is 3. The second kappa shape index (κ2) is 11.1. The third-order valence-electron chi connectivity index (χ3n) is 4.69. The first-order chi connectivity index (χ1) is 15.9. The molecule has 3 amide bonds. The Balaban J connectivity index is 1.68. The predicted molar refractivity (Wildman–Crippen MR) is 127 cm³/mol. The van der Waals surface area contributed by atoms with Crippen LogP contribution in [0.25, 0.3) is 0 Å². The first kappa shape index (κ1) is 23.8. The lowest BCUT2D eigenvalue weighted by atomic mass is 10.2. The number of phenolic OH excluding ortho intramolecular Hbond substituents is 1. The van der Waals surface area contributed by atoms with Crippen molar-refractivity contribution < 1.29 is 24.2 Å². The summed E-state index contributed by atoms with van der Waals surface area (Å²) in [5.41, 5.74) is 1.10. The minimum Gasteiger partial charge on any atom is -0.508 e. The number of rotatable bonds is 10. The fourth-order valence-electron chi connectivity index (χ4n) is 3.00. The van der Waals surface area contributed by atoms with Gasteiger partial charge < -0.3 is 20.1 Å². The van der Waals surface area contributed by atoms with Crippen LogP contribution in [0.2, 0.25) is 0 Å². The van der Waals surface area contributed by atoms with Gasteiger partial charge in [-0.1, -0.05) is 30.3 Å². The number of imide groups is 1. The molecule has 0 unspecified atom stereocenters. The van der Waals surface area contributed by atoms with Gasteiger partial charge in [-0.3, -0.25) is 19.3 Å². The summed E-state index contributed by atoms with van der Waals surface area (Å²) < 4.78 is 5.59. The second-order valence-corrected chi connectivity index (χ2v) is 8.37. The van der Waals surface area contributed by atoms with E-state index < -0.39 is 5.91 Å². The number of hydrogen-bond acceptors (Lipinski definition) is 7. The van der Waals surface area contributed by atoms with Crippen molar-refractivity contribution in [2.75, 3.05) is 32.1 Å². The summed E-state index contributed by atoms with van der Waals surface area (Å²) in [6.45, 7) is 0.493. The summed E-state index contributed by atoms with van der Waals surface area (Å²) in [4.78, 5) is 40.5. The van der Waals surface area contributed by atoms with E-state index in [0.29, 0.717) is 22.0 Å². The summed E-state index contributed by atoms with van der Waals surface area (Å²) >= 11 is 1.17. The molecule has 0 radical (unpaired) electrons. The summed E-state index contributed by atoms with van der Waals surface area (Å²) in [5.74, 6) is -0.0385. The molecule has 0 atom stereocenters. The average Bonchev–Trinajstić information content (AvgIpc) is 3.28. The monoisotopic (exact) mass is 467 g/mol. The molecule has 0 aliphatic heterocycles. The van der Waals surface area contributed by atoms with E-state index in [1.54, 1.807) is 55.4 Å². The van der Waals surface area contributed by atoms with E-state index in [2.05, 4.69) is 5.32 Å². The molecule has 8 nitrogen and oxygen atoms in total. The van der Waals surface area contributed by atoms with Gasteiger partial charge in [0.25, 0.3) is 11.8 Å². The molecule has 0 saturated carbocycles. The van der Waals surface area contributed by atoms with Crippen molar-refractivity contribution in [3.05, 3.63) is 76.7 Å². The molecule has 3 aromatic rings. The highest BCUT2D eigenvalue weighted by atomic mass is 32.1. The van der Waals surface area contributed by atoms with Gasteiger partial charge in [0.1, 0.15) is 23.1 Å². The quantitative estimate of drug-likeness (QED) is 0.445. The van der Waals surface area contributed by atoms with Gasteiger partial charge in [-0.25, -0.2) is 0 Å². The largest absolute Gasteiger partial charge is 0.508 e. The van der Waals surface area contributed by atoms with Gasteiger partial charge >= 0.3 is 0 Å². The van der Waals surface area contributed by atoms with Crippen LogP contribution in [0.1, 0.15) is 25.6 Å².